The average Bonchev–Trinajstić information content (AvgIpc) is 2.72. The van der Waals surface area contributed by atoms with E-state index in [0.29, 0.717) is 6.54 Å². The van der Waals surface area contributed by atoms with Crippen LogP contribution in [0, 0.1) is 6.92 Å². The van der Waals surface area contributed by atoms with Gasteiger partial charge >= 0.3 is 0 Å². The SMILES string of the molecule is Cc1[nH]ncc1CNc1nnc(Br)s1. The minimum absolute atomic E-state index is 0.712. The highest BCUT2D eigenvalue weighted by atomic mass is 79.9. The van der Waals surface area contributed by atoms with Gasteiger partial charge < -0.3 is 5.32 Å². The Morgan fingerprint density at radius 2 is 2.43 bits per heavy atom. The number of aromatic amines is 1. The molecule has 2 aromatic rings. The lowest BCUT2D eigenvalue weighted by atomic mass is 10.3. The maximum Gasteiger partial charge on any atom is 0.206 e. The van der Waals surface area contributed by atoms with E-state index < -0.39 is 0 Å². The first-order chi connectivity index (χ1) is 6.75. The molecule has 0 bridgehead atoms. The number of hydrogen-bond acceptors (Lipinski definition) is 5. The number of nitrogens with one attached hydrogen (secondary N) is 2. The third-order valence-corrected chi connectivity index (χ3v) is 3.08. The van der Waals surface area contributed by atoms with E-state index in [4.69, 9.17) is 0 Å². The Morgan fingerprint density at radius 3 is 3.00 bits per heavy atom. The zero-order chi connectivity index (χ0) is 9.97. The summed E-state index contributed by atoms with van der Waals surface area (Å²) in [5, 5.41) is 18.5. The zero-order valence-corrected chi connectivity index (χ0v) is 9.81. The Labute approximate surface area is 93.1 Å². The number of rotatable bonds is 3. The van der Waals surface area contributed by atoms with Crippen LogP contribution in [-0.2, 0) is 6.54 Å². The first kappa shape index (κ1) is 9.60. The number of H-pyrrole nitrogens is 1. The summed E-state index contributed by atoms with van der Waals surface area (Å²) in [5.41, 5.74) is 2.21. The van der Waals surface area contributed by atoms with Gasteiger partial charge in [-0.2, -0.15) is 5.10 Å². The lowest BCUT2D eigenvalue weighted by molar-refractivity contribution is 1.02. The van der Waals surface area contributed by atoms with Crippen molar-refractivity contribution in [2.45, 2.75) is 13.5 Å². The fourth-order valence-electron chi connectivity index (χ4n) is 1.00. The largest absolute Gasteiger partial charge is 0.356 e. The van der Waals surface area contributed by atoms with Crippen LogP contribution in [0.15, 0.2) is 10.1 Å². The van der Waals surface area contributed by atoms with Gasteiger partial charge in [0.25, 0.3) is 0 Å². The Kier molecular flexibility index (Phi) is 2.78. The third kappa shape index (κ3) is 2.10. The fraction of sp³-hybridized carbons (Fsp3) is 0.286. The summed E-state index contributed by atoms with van der Waals surface area (Å²) in [7, 11) is 0. The predicted octanol–water partition coefficient (Wildman–Crippen LogP) is 1.94. The summed E-state index contributed by atoms with van der Waals surface area (Å²) in [5.74, 6) is 0. The van der Waals surface area contributed by atoms with Gasteiger partial charge in [-0.25, -0.2) is 0 Å². The molecule has 0 spiro atoms. The normalized spacial score (nSPS) is 10.4. The van der Waals surface area contributed by atoms with Crippen LogP contribution < -0.4 is 5.32 Å². The Hall–Kier alpha value is -0.950. The van der Waals surface area contributed by atoms with Crippen molar-refractivity contribution in [1.82, 2.24) is 20.4 Å². The smallest absolute Gasteiger partial charge is 0.206 e. The van der Waals surface area contributed by atoms with E-state index in [9.17, 15) is 0 Å². The van der Waals surface area contributed by atoms with Crippen molar-refractivity contribution in [1.29, 1.82) is 0 Å². The third-order valence-electron chi connectivity index (χ3n) is 1.76. The molecule has 0 aliphatic rings. The number of aromatic nitrogens is 4. The van der Waals surface area contributed by atoms with Crippen LogP contribution in [0.4, 0.5) is 5.13 Å². The lowest BCUT2D eigenvalue weighted by Crippen LogP contribution is -1.99. The molecule has 0 saturated heterocycles. The van der Waals surface area contributed by atoms with Crippen molar-refractivity contribution in [2.24, 2.45) is 0 Å². The van der Waals surface area contributed by atoms with E-state index in [1.807, 2.05) is 6.92 Å². The summed E-state index contributed by atoms with van der Waals surface area (Å²) < 4.78 is 0.781. The highest BCUT2D eigenvalue weighted by Crippen LogP contribution is 2.20. The molecule has 0 aliphatic heterocycles. The molecule has 74 valence electrons. The highest BCUT2D eigenvalue weighted by Gasteiger charge is 2.03. The molecular weight excluding hydrogens is 266 g/mol. The Morgan fingerprint density at radius 1 is 1.57 bits per heavy atom. The monoisotopic (exact) mass is 273 g/mol. The van der Waals surface area contributed by atoms with Crippen molar-refractivity contribution in [3.05, 3.63) is 21.4 Å². The molecule has 2 rings (SSSR count). The summed E-state index contributed by atoms with van der Waals surface area (Å²) in [6.07, 6.45) is 1.80. The number of aryl methyl sites for hydroxylation is 1. The van der Waals surface area contributed by atoms with Crippen LogP contribution in [0.3, 0.4) is 0 Å². The minimum Gasteiger partial charge on any atom is -0.356 e. The van der Waals surface area contributed by atoms with E-state index in [1.165, 1.54) is 11.3 Å². The molecule has 7 heteroatoms. The van der Waals surface area contributed by atoms with Gasteiger partial charge in [-0.15, -0.1) is 10.2 Å². The van der Waals surface area contributed by atoms with Crippen LogP contribution in [0.5, 0.6) is 0 Å². The summed E-state index contributed by atoms with van der Waals surface area (Å²) >= 11 is 4.72. The van der Waals surface area contributed by atoms with Gasteiger partial charge in [-0.3, -0.25) is 5.10 Å². The topological polar surface area (TPSA) is 66.5 Å². The molecule has 5 nitrogen and oxygen atoms in total. The maximum atomic E-state index is 3.93. The van der Waals surface area contributed by atoms with Gasteiger partial charge in [0.2, 0.25) is 5.13 Å². The molecule has 0 aromatic carbocycles. The van der Waals surface area contributed by atoms with E-state index in [2.05, 4.69) is 41.6 Å². The number of nitrogens with zero attached hydrogens (tertiary/aromatic N) is 3. The van der Waals surface area contributed by atoms with Crippen LogP contribution in [0.2, 0.25) is 0 Å². The molecule has 2 heterocycles. The predicted molar refractivity (Wildman–Crippen MR) is 58.3 cm³/mol. The van der Waals surface area contributed by atoms with Gasteiger partial charge in [-0.1, -0.05) is 11.3 Å². The maximum absolute atomic E-state index is 3.93. The molecule has 0 amide bonds. The molecule has 0 aliphatic carbocycles. The van der Waals surface area contributed by atoms with Crippen LogP contribution in [0.1, 0.15) is 11.3 Å². The van der Waals surface area contributed by atoms with Crippen LogP contribution in [0.25, 0.3) is 0 Å². The van der Waals surface area contributed by atoms with E-state index in [1.54, 1.807) is 6.20 Å². The first-order valence-corrected chi connectivity index (χ1v) is 5.58. The number of anilines is 1. The van der Waals surface area contributed by atoms with E-state index in [-0.39, 0.29) is 0 Å². The molecule has 0 saturated carbocycles. The molecule has 0 radical (unpaired) electrons. The van der Waals surface area contributed by atoms with Gasteiger partial charge in [0, 0.05) is 17.8 Å². The van der Waals surface area contributed by atoms with Gasteiger partial charge in [0.1, 0.15) is 0 Å². The van der Waals surface area contributed by atoms with Crippen LogP contribution >= 0.6 is 27.3 Å². The molecule has 2 aromatic heterocycles. The lowest BCUT2D eigenvalue weighted by Gasteiger charge is -1.99. The van der Waals surface area contributed by atoms with Crippen molar-refractivity contribution in [3.63, 3.8) is 0 Å². The van der Waals surface area contributed by atoms with Crippen molar-refractivity contribution in [2.75, 3.05) is 5.32 Å². The van der Waals surface area contributed by atoms with Crippen molar-refractivity contribution in [3.8, 4) is 0 Å². The zero-order valence-electron chi connectivity index (χ0n) is 7.41. The van der Waals surface area contributed by atoms with Gasteiger partial charge in [-0.05, 0) is 22.9 Å². The summed E-state index contributed by atoms with van der Waals surface area (Å²) in [6, 6.07) is 0. The Bertz CT molecular complexity index is 423. The van der Waals surface area contributed by atoms with E-state index in [0.717, 1.165) is 20.3 Å². The molecule has 0 atom stereocenters. The number of hydrogen-bond donors (Lipinski definition) is 2. The standard InChI is InChI=1S/C7H8BrN5S/c1-4-5(3-10-11-4)2-9-7-13-12-6(8)14-7/h3H,2H2,1H3,(H,9,13)(H,10,11). The summed E-state index contributed by atoms with van der Waals surface area (Å²) in [6.45, 7) is 2.70. The van der Waals surface area contributed by atoms with Crippen molar-refractivity contribution >= 4 is 32.4 Å². The minimum atomic E-state index is 0.712. The van der Waals surface area contributed by atoms with E-state index >= 15 is 0 Å². The molecular formula is C7H8BrN5S. The molecule has 2 N–H and O–H groups in total. The van der Waals surface area contributed by atoms with Gasteiger partial charge in [0.15, 0.2) is 3.92 Å². The van der Waals surface area contributed by atoms with Crippen molar-refractivity contribution < 1.29 is 0 Å². The molecule has 14 heavy (non-hydrogen) atoms. The highest BCUT2D eigenvalue weighted by molar-refractivity contribution is 9.11. The second-order valence-electron chi connectivity index (χ2n) is 2.73. The fourth-order valence-corrected chi connectivity index (χ4v) is 2.01. The number of halogens is 1. The second-order valence-corrected chi connectivity index (χ2v) is 4.99. The molecule has 0 unspecified atom stereocenters. The molecule has 0 fully saturated rings. The first-order valence-electron chi connectivity index (χ1n) is 3.97. The quantitative estimate of drug-likeness (QED) is 0.897. The average molecular weight is 274 g/mol. The Balaban J connectivity index is 1.98. The summed E-state index contributed by atoms with van der Waals surface area (Å²) in [4.78, 5) is 0. The second kappa shape index (κ2) is 4.05. The van der Waals surface area contributed by atoms with Crippen LogP contribution in [-0.4, -0.2) is 20.4 Å². The van der Waals surface area contributed by atoms with Gasteiger partial charge in [0.05, 0.1) is 6.20 Å².